The first-order valence-electron chi connectivity index (χ1n) is 7.65. The van der Waals surface area contributed by atoms with E-state index >= 15 is 0 Å². The molecule has 0 fully saturated rings. The predicted molar refractivity (Wildman–Crippen MR) is 97.3 cm³/mol. The van der Waals surface area contributed by atoms with Gasteiger partial charge < -0.3 is 15.5 Å². The van der Waals surface area contributed by atoms with Crippen LogP contribution in [0.4, 0.5) is 11.4 Å². The van der Waals surface area contributed by atoms with Crippen molar-refractivity contribution in [2.24, 2.45) is 0 Å². The molecular weight excluding hydrogens is 326 g/mol. The second-order valence-electron chi connectivity index (χ2n) is 5.29. The number of carbonyl (C=O) groups excluding carboxylic acids is 2. The van der Waals surface area contributed by atoms with E-state index < -0.39 is 11.8 Å². The molecule has 126 valence electrons. The fourth-order valence-electron chi connectivity index (χ4n) is 2.18. The molecule has 2 rings (SSSR count). The van der Waals surface area contributed by atoms with Crippen LogP contribution in [0.5, 0.6) is 0 Å². The van der Waals surface area contributed by atoms with Crippen LogP contribution in [0.3, 0.4) is 0 Å². The number of rotatable bonds is 5. The van der Waals surface area contributed by atoms with Crippen LogP contribution in [0.25, 0.3) is 0 Å². The maximum absolute atomic E-state index is 12.0. The molecule has 2 aromatic rings. The summed E-state index contributed by atoms with van der Waals surface area (Å²) in [4.78, 5) is 26.0. The molecule has 0 aliphatic carbocycles. The van der Waals surface area contributed by atoms with E-state index in [0.29, 0.717) is 10.7 Å². The molecule has 24 heavy (non-hydrogen) atoms. The molecule has 0 radical (unpaired) electrons. The van der Waals surface area contributed by atoms with Gasteiger partial charge in [0.15, 0.2) is 0 Å². The van der Waals surface area contributed by atoms with E-state index in [2.05, 4.69) is 22.5 Å². The largest absolute Gasteiger partial charge is 0.375 e. The normalized spacial score (nSPS) is 10.1. The summed E-state index contributed by atoms with van der Waals surface area (Å²) in [6.07, 6.45) is 0. The molecule has 2 aromatic carbocycles. The molecule has 0 saturated carbocycles. The minimum absolute atomic E-state index is 0.285. The van der Waals surface area contributed by atoms with Gasteiger partial charge in [0.2, 0.25) is 0 Å². The van der Waals surface area contributed by atoms with E-state index in [9.17, 15) is 9.59 Å². The summed E-state index contributed by atoms with van der Waals surface area (Å²) >= 11 is 5.78. The average Bonchev–Trinajstić information content (AvgIpc) is 2.61. The van der Waals surface area contributed by atoms with Gasteiger partial charge in [-0.15, -0.1) is 0 Å². The van der Waals surface area contributed by atoms with Crippen LogP contribution in [-0.4, -0.2) is 25.4 Å². The summed E-state index contributed by atoms with van der Waals surface area (Å²) in [5.74, 6) is -1.39. The van der Waals surface area contributed by atoms with Gasteiger partial charge in [0.05, 0.1) is 0 Å². The minimum atomic E-state index is -0.710. The van der Waals surface area contributed by atoms with Gasteiger partial charge in [-0.3, -0.25) is 9.59 Å². The highest BCUT2D eigenvalue weighted by atomic mass is 35.5. The molecule has 0 aliphatic heterocycles. The average molecular weight is 346 g/mol. The molecule has 0 spiro atoms. The smallest absolute Gasteiger partial charge is 0.313 e. The predicted octanol–water partition coefficient (Wildman–Crippen LogP) is 3.05. The van der Waals surface area contributed by atoms with Gasteiger partial charge in [-0.05, 0) is 42.8 Å². The maximum atomic E-state index is 12.0. The van der Waals surface area contributed by atoms with Crippen molar-refractivity contribution in [3.63, 3.8) is 0 Å². The summed E-state index contributed by atoms with van der Waals surface area (Å²) in [6.45, 7) is 3.18. The van der Waals surface area contributed by atoms with Gasteiger partial charge in [0.25, 0.3) is 0 Å². The van der Waals surface area contributed by atoms with E-state index in [1.165, 1.54) is 0 Å². The summed E-state index contributed by atoms with van der Waals surface area (Å²) < 4.78 is 0. The minimum Gasteiger partial charge on any atom is -0.375 e. The quantitative estimate of drug-likeness (QED) is 0.819. The standard InChI is InChI=1S/C18H20ClN3O2/c1-3-22(2)16-7-5-4-6-13(16)12-20-17(23)18(24)21-15-10-8-14(19)9-11-15/h4-11H,3,12H2,1-2H3,(H,20,23)(H,21,24). The molecule has 2 N–H and O–H groups in total. The fourth-order valence-corrected chi connectivity index (χ4v) is 2.31. The Morgan fingerprint density at radius 2 is 1.71 bits per heavy atom. The first-order chi connectivity index (χ1) is 11.5. The molecule has 0 heterocycles. The highest BCUT2D eigenvalue weighted by Crippen LogP contribution is 2.18. The van der Waals surface area contributed by atoms with Crippen molar-refractivity contribution in [2.45, 2.75) is 13.5 Å². The van der Waals surface area contributed by atoms with Crippen molar-refractivity contribution in [1.82, 2.24) is 5.32 Å². The molecule has 0 atom stereocenters. The molecule has 5 nitrogen and oxygen atoms in total. The van der Waals surface area contributed by atoms with Gasteiger partial charge in [-0.1, -0.05) is 29.8 Å². The van der Waals surface area contributed by atoms with Gasteiger partial charge >= 0.3 is 11.8 Å². The van der Waals surface area contributed by atoms with Crippen molar-refractivity contribution in [1.29, 1.82) is 0 Å². The Hall–Kier alpha value is -2.53. The third kappa shape index (κ3) is 4.73. The Morgan fingerprint density at radius 3 is 2.38 bits per heavy atom. The van der Waals surface area contributed by atoms with Crippen molar-refractivity contribution in [3.05, 3.63) is 59.1 Å². The van der Waals surface area contributed by atoms with Crippen LogP contribution in [0, 0.1) is 0 Å². The van der Waals surface area contributed by atoms with Crippen molar-refractivity contribution < 1.29 is 9.59 Å². The van der Waals surface area contributed by atoms with Crippen LogP contribution < -0.4 is 15.5 Å². The molecule has 0 bridgehead atoms. The van der Waals surface area contributed by atoms with Crippen molar-refractivity contribution in [2.75, 3.05) is 23.8 Å². The number of para-hydroxylation sites is 1. The summed E-state index contributed by atoms with van der Waals surface area (Å²) in [5.41, 5.74) is 2.50. The number of hydrogen-bond donors (Lipinski definition) is 2. The van der Waals surface area contributed by atoms with Gasteiger partial charge in [0, 0.05) is 36.5 Å². The number of hydrogen-bond acceptors (Lipinski definition) is 3. The van der Waals surface area contributed by atoms with Crippen LogP contribution in [-0.2, 0) is 16.1 Å². The topological polar surface area (TPSA) is 61.4 Å². The van der Waals surface area contributed by atoms with Crippen molar-refractivity contribution >= 4 is 34.8 Å². The lowest BCUT2D eigenvalue weighted by Crippen LogP contribution is -2.35. The number of benzene rings is 2. The van der Waals surface area contributed by atoms with E-state index in [1.54, 1.807) is 24.3 Å². The van der Waals surface area contributed by atoms with E-state index in [0.717, 1.165) is 17.8 Å². The van der Waals surface area contributed by atoms with E-state index in [-0.39, 0.29) is 6.54 Å². The molecule has 0 unspecified atom stereocenters. The Labute approximate surface area is 146 Å². The van der Waals surface area contributed by atoms with Gasteiger partial charge in [-0.2, -0.15) is 0 Å². The van der Waals surface area contributed by atoms with Crippen LogP contribution in [0.15, 0.2) is 48.5 Å². The van der Waals surface area contributed by atoms with Gasteiger partial charge in [0.1, 0.15) is 0 Å². The maximum Gasteiger partial charge on any atom is 0.313 e. The first-order valence-corrected chi connectivity index (χ1v) is 8.03. The third-order valence-corrected chi connectivity index (χ3v) is 3.88. The molecular formula is C18H20ClN3O2. The number of nitrogens with one attached hydrogen (secondary N) is 2. The highest BCUT2D eigenvalue weighted by Gasteiger charge is 2.14. The lowest BCUT2D eigenvalue weighted by molar-refractivity contribution is -0.136. The summed E-state index contributed by atoms with van der Waals surface area (Å²) in [5, 5.41) is 5.74. The van der Waals surface area contributed by atoms with Crippen molar-refractivity contribution in [3.8, 4) is 0 Å². The van der Waals surface area contributed by atoms with E-state index in [1.807, 2.05) is 31.3 Å². The Bertz CT molecular complexity index is 716. The molecule has 2 amide bonds. The lowest BCUT2D eigenvalue weighted by atomic mass is 10.1. The molecule has 0 saturated heterocycles. The second kappa shape index (κ2) is 8.36. The Balaban J connectivity index is 1.95. The zero-order chi connectivity index (χ0) is 17.5. The monoisotopic (exact) mass is 345 g/mol. The van der Waals surface area contributed by atoms with Crippen LogP contribution in [0.2, 0.25) is 5.02 Å². The molecule has 0 aromatic heterocycles. The summed E-state index contributed by atoms with van der Waals surface area (Å²) in [7, 11) is 1.98. The Morgan fingerprint density at radius 1 is 1.04 bits per heavy atom. The number of carbonyl (C=O) groups is 2. The molecule has 0 aliphatic rings. The van der Waals surface area contributed by atoms with E-state index in [4.69, 9.17) is 11.6 Å². The van der Waals surface area contributed by atoms with Gasteiger partial charge in [-0.25, -0.2) is 0 Å². The first kappa shape index (κ1) is 17.8. The Kier molecular flexibility index (Phi) is 6.21. The zero-order valence-electron chi connectivity index (χ0n) is 13.7. The number of anilines is 2. The highest BCUT2D eigenvalue weighted by molar-refractivity contribution is 6.39. The van der Waals surface area contributed by atoms with Crippen LogP contribution >= 0.6 is 11.6 Å². The number of nitrogens with zero attached hydrogens (tertiary/aromatic N) is 1. The zero-order valence-corrected chi connectivity index (χ0v) is 14.4. The fraction of sp³-hybridized carbons (Fsp3) is 0.222. The number of amides is 2. The third-order valence-electron chi connectivity index (χ3n) is 3.62. The number of halogens is 1. The summed E-state index contributed by atoms with van der Waals surface area (Å²) in [6, 6.07) is 14.3. The SMILES string of the molecule is CCN(C)c1ccccc1CNC(=O)C(=O)Nc1ccc(Cl)cc1. The molecule has 6 heteroatoms. The lowest BCUT2D eigenvalue weighted by Gasteiger charge is -2.20. The second-order valence-corrected chi connectivity index (χ2v) is 5.72. The van der Waals surface area contributed by atoms with Crippen LogP contribution in [0.1, 0.15) is 12.5 Å².